The average molecular weight is 230 g/mol. The third-order valence-corrected chi connectivity index (χ3v) is 3.78. The first-order chi connectivity index (χ1) is 8.15. The number of carboxylic acids is 1. The van der Waals surface area contributed by atoms with Crippen LogP contribution < -0.4 is 5.73 Å². The highest BCUT2D eigenvalue weighted by atomic mass is 16.4. The normalized spacial score (nSPS) is 19.1. The molecule has 1 aromatic carbocycles. The number of carboxylic acid groups (broad SMARTS) is 1. The van der Waals surface area contributed by atoms with Gasteiger partial charge in [-0.25, -0.2) is 0 Å². The third-order valence-electron chi connectivity index (χ3n) is 3.78. The lowest BCUT2D eigenvalue weighted by atomic mass is 9.86. The van der Waals surface area contributed by atoms with E-state index in [2.05, 4.69) is 4.98 Å². The lowest BCUT2D eigenvalue weighted by Crippen LogP contribution is -2.42. The van der Waals surface area contributed by atoms with Crippen molar-refractivity contribution in [3.63, 3.8) is 0 Å². The van der Waals surface area contributed by atoms with Gasteiger partial charge in [0.15, 0.2) is 0 Å². The molecular formula is C13H14N2O2. The molecule has 1 fully saturated rings. The molecule has 0 spiro atoms. The number of H-pyrrole nitrogens is 1. The number of aromatic nitrogens is 1. The summed E-state index contributed by atoms with van der Waals surface area (Å²) in [6.45, 7) is 0. The summed E-state index contributed by atoms with van der Waals surface area (Å²) < 4.78 is 0. The first-order valence-electron chi connectivity index (χ1n) is 5.70. The van der Waals surface area contributed by atoms with Gasteiger partial charge < -0.3 is 15.8 Å². The molecule has 0 aliphatic heterocycles. The minimum Gasteiger partial charge on any atom is -0.480 e. The quantitative estimate of drug-likeness (QED) is 0.749. The molecule has 0 amide bonds. The molecule has 0 bridgehead atoms. The zero-order chi connectivity index (χ0) is 12.0. The van der Waals surface area contributed by atoms with E-state index in [4.69, 9.17) is 10.8 Å². The molecule has 88 valence electrons. The van der Waals surface area contributed by atoms with E-state index >= 15 is 0 Å². The topological polar surface area (TPSA) is 79.1 Å². The summed E-state index contributed by atoms with van der Waals surface area (Å²) in [6, 6.07) is 7.10. The van der Waals surface area contributed by atoms with Crippen molar-refractivity contribution in [1.82, 2.24) is 4.98 Å². The van der Waals surface area contributed by atoms with Crippen LogP contribution in [0.4, 0.5) is 0 Å². The van der Waals surface area contributed by atoms with Gasteiger partial charge in [0.25, 0.3) is 0 Å². The predicted molar refractivity (Wildman–Crippen MR) is 64.8 cm³/mol. The van der Waals surface area contributed by atoms with Crippen molar-refractivity contribution in [2.45, 2.75) is 24.3 Å². The van der Waals surface area contributed by atoms with Crippen molar-refractivity contribution in [1.29, 1.82) is 0 Å². The highest BCUT2D eigenvalue weighted by molar-refractivity contribution is 5.87. The number of aromatic amines is 1. The van der Waals surface area contributed by atoms with Crippen LogP contribution in [0.1, 0.15) is 18.4 Å². The van der Waals surface area contributed by atoms with Crippen LogP contribution in [0.2, 0.25) is 0 Å². The largest absolute Gasteiger partial charge is 0.480 e. The zero-order valence-corrected chi connectivity index (χ0v) is 9.31. The monoisotopic (exact) mass is 230 g/mol. The van der Waals surface area contributed by atoms with Crippen molar-refractivity contribution in [2.24, 2.45) is 5.73 Å². The van der Waals surface area contributed by atoms with Gasteiger partial charge in [0, 0.05) is 22.5 Å². The maximum absolute atomic E-state index is 11.1. The molecule has 4 N–H and O–H groups in total. The van der Waals surface area contributed by atoms with Crippen LogP contribution in [0, 0.1) is 0 Å². The number of fused-ring (bicyclic) bond motifs is 1. The summed E-state index contributed by atoms with van der Waals surface area (Å²) in [5.41, 5.74) is 7.57. The third kappa shape index (κ3) is 1.37. The fraction of sp³-hybridized carbons (Fsp3) is 0.308. The molecule has 1 atom stereocenters. The van der Waals surface area contributed by atoms with E-state index in [-0.39, 0.29) is 5.41 Å². The molecule has 4 nitrogen and oxygen atoms in total. The molecule has 3 rings (SSSR count). The molecule has 1 aromatic heterocycles. The zero-order valence-electron chi connectivity index (χ0n) is 9.31. The number of aliphatic carboxylic acids is 1. The molecular weight excluding hydrogens is 216 g/mol. The van der Waals surface area contributed by atoms with Crippen LogP contribution in [-0.4, -0.2) is 22.1 Å². The highest BCUT2D eigenvalue weighted by Crippen LogP contribution is 2.52. The van der Waals surface area contributed by atoms with Crippen LogP contribution in [0.25, 0.3) is 10.9 Å². The van der Waals surface area contributed by atoms with Crippen LogP contribution >= 0.6 is 0 Å². The van der Waals surface area contributed by atoms with E-state index in [1.54, 1.807) is 0 Å². The number of rotatable bonds is 3. The van der Waals surface area contributed by atoms with Gasteiger partial charge in [0.05, 0.1) is 0 Å². The number of nitrogens with two attached hydrogens (primary N) is 1. The van der Waals surface area contributed by atoms with Crippen molar-refractivity contribution < 1.29 is 9.90 Å². The van der Waals surface area contributed by atoms with Crippen molar-refractivity contribution >= 4 is 16.9 Å². The molecule has 0 saturated heterocycles. The fourth-order valence-electron chi connectivity index (χ4n) is 2.64. The molecule has 2 aromatic rings. The second-order valence-electron chi connectivity index (χ2n) is 4.72. The average Bonchev–Trinajstić information content (AvgIpc) is 2.98. The molecule has 0 radical (unpaired) electrons. The Labute approximate surface area is 98.4 Å². The summed E-state index contributed by atoms with van der Waals surface area (Å²) in [6.07, 6.45) is 3.58. The minimum atomic E-state index is -0.921. The van der Waals surface area contributed by atoms with E-state index < -0.39 is 12.0 Å². The number of hydrogen-bond acceptors (Lipinski definition) is 2. The summed E-state index contributed by atoms with van der Waals surface area (Å²) in [7, 11) is 0. The van der Waals surface area contributed by atoms with Crippen LogP contribution in [0.3, 0.4) is 0 Å². The second kappa shape index (κ2) is 3.34. The molecule has 17 heavy (non-hydrogen) atoms. The predicted octanol–water partition coefficient (Wildman–Crippen LogP) is 1.61. The number of benzene rings is 1. The van der Waals surface area contributed by atoms with Gasteiger partial charge in [-0.2, -0.15) is 0 Å². The smallest absolute Gasteiger partial charge is 0.321 e. The summed E-state index contributed by atoms with van der Waals surface area (Å²) in [5, 5.41) is 10.2. The summed E-state index contributed by atoms with van der Waals surface area (Å²) in [4.78, 5) is 14.2. The Balaban J connectivity index is 2.15. The highest BCUT2D eigenvalue weighted by Gasteiger charge is 2.53. The SMILES string of the molecule is NC(C(=O)O)C1(c2cccc3[nH]ccc23)CC1. The number of hydrogen-bond donors (Lipinski definition) is 3. The number of carbonyl (C=O) groups is 1. The first kappa shape index (κ1) is 10.4. The van der Waals surface area contributed by atoms with Crippen molar-refractivity contribution in [3.8, 4) is 0 Å². The first-order valence-corrected chi connectivity index (χ1v) is 5.70. The summed E-state index contributed by atoms with van der Waals surface area (Å²) >= 11 is 0. The van der Waals surface area contributed by atoms with Gasteiger partial charge in [-0.05, 0) is 30.5 Å². The van der Waals surface area contributed by atoms with Crippen LogP contribution in [0.5, 0.6) is 0 Å². The summed E-state index contributed by atoms with van der Waals surface area (Å²) in [5.74, 6) is -0.921. The van der Waals surface area contributed by atoms with Gasteiger partial charge in [0.1, 0.15) is 6.04 Å². The Morgan fingerprint density at radius 2 is 2.18 bits per heavy atom. The Morgan fingerprint density at radius 1 is 1.41 bits per heavy atom. The molecule has 1 heterocycles. The number of nitrogens with one attached hydrogen (secondary N) is 1. The lowest BCUT2D eigenvalue weighted by molar-refractivity contribution is -0.139. The fourth-order valence-corrected chi connectivity index (χ4v) is 2.64. The van der Waals surface area contributed by atoms with Gasteiger partial charge in [-0.3, -0.25) is 4.79 Å². The van der Waals surface area contributed by atoms with Crippen molar-refractivity contribution in [3.05, 3.63) is 36.0 Å². The van der Waals surface area contributed by atoms with E-state index in [0.29, 0.717) is 0 Å². The van der Waals surface area contributed by atoms with Crippen molar-refractivity contribution in [2.75, 3.05) is 0 Å². The van der Waals surface area contributed by atoms with Crippen LogP contribution in [-0.2, 0) is 10.2 Å². The Hall–Kier alpha value is -1.81. The Kier molecular flexibility index (Phi) is 2.03. The second-order valence-corrected chi connectivity index (χ2v) is 4.72. The standard InChI is InChI=1S/C13H14N2O2/c14-11(12(16)17)13(5-6-13)9-2-1-3-10-8(9)4-7-15-10/h1-4,7,11,15H,5-6,14H2,(H,16,17). The maximum atomic E-state index is 11.1. The van der Waals surface area contributed by atoms with Gasteiger partial charge >= 0.3 is 5.97 Å². The lowest BCUT2D eigenvalue weighted by Gasteiger charge is -2.21. The minimum absolute atomic E-state index is 0.368. The van der Waals surface area contributed by atoms with Gasteiger partial charge in [-0.1, -0.05) is 12.1 Å². The molecule has 4 heteroatoms. The van der Waals surface area contributed by atoms with E-state index in [0.717, 1.165) is 29.3 Å². The molecule has 1 aliphatic rings. The van der Waals surface area contributed by atoms with E-state index in [1.807, 2.05) is 30.5 Å². The Morgan fingerprint density at radius 3 is 2.82 bits per heavy atom. The molecule has 1 unspecified atom stereocenters. The van der Waals surface area contributed by atoms with Gasteiger partial charge in [-0.15, -0.1) is 0 Å². The van der Waals surface area contributed by atoms with E-state index in [9.17, 15) is 4.79 Å². The van der Waals surface area contributed by atoms with Crippen LogP contribution in [0.15, 0.2) is 30.5 Å². The maximum Gasteiger partial charge on any atom is 0.321 e. The van der Waals surface area contributed by atoms with E-state index in [1.165, 1.54) is 0 Å². The molecule has 1 aliphatic carbocycles. The Bertz CT molecular complexity index is 584. The van der Waals surface area contributed by atoms with Gasteiger partial charge in [0.2, 0.25) is 0 Å². The molecule has 1 saturated carbocycles.